The van der Waals surface area contributed by atoms with E-state index in [-0.39, 0.29) is 0 Å². The summed E-state index contributed by atoms with van der Waals surface area (Å²) in [6, 6.07) is 16.0. The molecule has 0 amide bonds. The van der Waals surface area contributed by atoms with Gasteiger partial charge in [-0.2, -0.15) is 0 Å². The Kier molecular flexibility index (Phi) is 1.92. The highest BCUT2D eigenvalue weighted by atomic mass is 14.3. The molecule has 0 atom stereocenters. The fourth-order valence-corrected chi connectivity index (χ4v) is 2.13. The minimum Gasteiger partial charge on any atom is -0.764 e. The van der Waals surface area contributed by atoms with Crippen molar-refractivity contribution in [3.8, 4) is 0 Å². The molecule has 76 valence electrons. The van der Waals surface area contributed by atoms with E-state index in [0.717, 1.165) is 27.8 Å². The summed E-state index contributed by atoms with van der Waals surface area (Å²) >= 11 is 0. The van der Waals surface area contributed by atoms with E-state index in [9.17, 15) is 5.41 Å². The van der Waals surface area contributed by atoms with Gasteiger partial charge in [-0.1, -0.05) is 53.1 Å². The maximum Gasteiger partial charge on any atom is -0.0590 e. The molecule has 3 rings (SSSR count). The van der Waals surface area contributed by atoms with Gasteiger partial charge >= 0.3 is 0 Å². The Morgan fingerprint density at radius 1 is 0.812 bits per heavy atom. The third kappa shape index (κ3) is 1.19. The van der Waals surface area contributed by atoms with E-state index in [4.69, 9.17) is 0 Å². The number of hydrogen-bond acceptors (Lipinski definition) is 0. The second-order valence-corrected chi connectivity index (χ2v) is 3.81. The first kappa shape index (κ1) is 9.02. The second kappa shape index (κ2) is 3.41. The Hall–Kier alpha value is -2.24. The van der Waals surface area contributed by atoms with Gasteiger partial charge in [-0.05, 0) is 0 Å². The van der Waals surface area contributed by atoms with Crippen molar-refractivity contribution in [2.45, 2.75) is 0 Å². The molecule has 16 heavy (non-hydrogen) atoms. The van der Waals surface area contributed by atoms with Crippen molar-refractivity contribution in [2.75, 3.05) is 0 Å². The fourth-order valence-electron chi connectivity index (χ4n) is 2.13. The van der Waals surface area contributed by atoms with Gasteiger partial charge in [0.15, 0.2) is 0 Å². The van der Waals surface area contributed by atoms with Crippen LogP contribution in [0.1, 0.15) is 22.3 Å². The molecule has 1 nitrogen and oxygen atoms in total. The quantitative estimate of drug-likeness (QED) is 0.395. The zero-order chi connectivity index (χ0) is 11.0. The largest absolute Gasteiger partial charge is 0.764 e. The molecule has 0 fully saturated rings. The molecule has 2 aromatic carbocycles. The standard InChI is InChI=1S/C15H9N/c16-10-15-13-7-3-1-5-11(13)9-12-6-2-4-8-14(12)15/h1-9H/q-2. The molecule has 0 N–H and O–H groups in total. The maximum absolute atomic E-state index is 9.28. The predicted octanol–water partition coefficient (Wildman–Crippen LogP) is 3.27. The van der Waals surface area contributed by atoms with Gasteiger partial charge in [0.05, 0.1) is 0 Å². The van der Waals surface area contributed by atoms with Crippen molar-refractivity contribution >= 4 is 11.4 Å². The van der Waals surface area contributed by atoms with Crippen LogP contribution in [0.4, 0.5) is 0 Å². The first-order valence-electron chi connectivity index (χ1n) is 5.21. The first-order valence-corrected chi connectivity index (χ1v) is 5.21. The summed E-state index contributed by atoms with van der Waals surface area (Å²) < 4.78 is 0. The SMILES string of the molecule is [N-]=C=C1c2ccccc2[CH-]c2ccccc21. The van der Waals surface area contributed by atoms with E-state index in [2.05, 4.69) is 12.3 Å². The van der Waals surface area contributed by atoms with Crippen molar-refractivity contribution in [3.63, 3.8) is 0 Å². The van der Waals surface area contributed by atoms with Crippen molar-refractivity contribution in [1.82, 2.24) is 0 Å². The number of rotatable bonds is 0. The summed E-state index contributed by atoms with van der Waals surface area (Å²) in [5.41, 5.74) is 5.08. The molecular formula is C15H9N-2. The monoisotopic (exact) mass is 203 g/mol. The van der Waals surface area contributed by atoms with Gasteiger partial charge in [-0.3, -0.25) is 5.87 Å². The molecule has 0 saturated heterocycles. The molecule has 0 radical (unpaired) electrons. The lowest BCUT2D eigenvalue weighted by Gasteiger charge is -2.28. The predicted molar refractivity (Wildman–Crippen MR) is 66.3 cm³/mol. The van der Waals surface area contributed by atoms with Gasteiger partial charge in [0.25, 0.3) is 0 Å². The van der Waals surface area contributed by atoms with Gasteiger partial charge in [-0.15, -0.1) is 29.7 Å². The summed E-state index contributed by atoms with van der Waals surface area (Å²) in [6.45, 7) is 0. The normalized spacial score (nSPS) is 12.1. The van der Waals surface area contributed by atoms with Crippen molar-refractivity contribution in [2.24, 2.45) is 0 Å². The van der Waals surface area contributed by atoms with Crippen LogP contribution in [0.15, 0.2) is 48.5 Å². The lowest BCUT2D eigenvalue weighted by molar-refractivity contribution is 1.34. The van der Waals surface area contributed by atoms with Crippen LogP contribution in [0.5, 0.6) is 0 Å². The number of benzene rings is 2. The van der Waals surface area contributed by atoms with E-state index >= 15 is 0 Å². The third-order valence-electron chi connectivity index (χ3n) is 2.88. The number of nitrogens with zero attached hydrogens (tertiary/aromatic N) is 1. The summed E-state index contributed by atoms with van der Waals surface area (Å²) in [5.74, 6) is 2.31. The molecule has 1 aliphatic rings. The molecule has 2 aromatic rings. The molecule has 0 bridgehead atoms. The Morgan fingerprint density at radius 3 is 1.81 bits per heavy atom. The van der Waals surface area contributed by atoms with Crippen LogP contribution in [0, 0.1) is 6.42 Å². The summed E-state index contributed by atoms with van der Waals surface area (Å²) in [5, 5.41) is 9.28. The smallest absolute Gasteiger partial charge is 0.0590 e. The zero-order valence-electron chi connectivity index (χ0n) is 8.64. The van der Waals surface area contributed by atoms with Crippen LogP contribution < -0.4 is 0 Å². The van der Waals surface area contributed by atoms with Crippen molar-refractivity contribution in [1.29, 1.82) is 0 Å². The van der Waals surface area contributed by atoms with Crippen molar-refractivity contribution in [3.05, 3.63) is 82.6 Å². The fraction of sp³-hybridized carbons (Fsp3) is 0. The van der Waals surface area contributed by atoms with Gasteiger partial charge in [-0.25, -0.2) is 0 Å². The van der Waals surface area contributed by atoms with Crippen LogP contribution >= 0.6 is 0 Å². The highest BCUT2D eigenvalue weighted by Crippen LogP contribution is 2.34. The van der Waals surface area contributed by atoms with E-state index in [1.54, 1.807) is 0 Å². The Bertz CT molecular complexity index is 557. The molecule has 0 unspecified atom stereocenters. The van der Waals surface area contributed by atoms with E-state index in [1.807, 2.05) is 48.5 Å². The molecule has 0 aliphatic heterocycles. The highest BCUT2D eigenvalue weighted by Gasteiger charge is 2.10. The maximum atomic E-state index is 9.28. The van der Waals surface area contributed by atoms with E-state index < -0.39 is 0 Å². The van der Waals surface area contributed by atoms with Crippen LogP contribution in [0.2, 0.25) is 0 Å². The minimum atomic E-state index is 0.772. The Morgan fingerprint density at radius 2 is 1.31 bits per heavy atom. The molecule has 0 aromatic heterocycles. The summed E-state index contributed by atoms with van der Waals surface area (Å²) in [6.07, 6.45) is 2.13. The van der Waals surface area contributed by atoms with Crippen LogP contribution in [-0.2, 0) is 0 Å². The van der Waals surface area contributed by atoms with Gasteiger partial charge in [0.1, 0.15) is 0 Å². The molecule has 0 spiro atoms. The Balaban J connectivity index is 2.32. The molecule has 0 heterocycles. The molecule has 1 aliphatic carbocycles. The lowest BCUT2D eigenvalue weighted by atomic mass is 9.83. The summed E-state index contributed by atoms with van der Waals surface area (Å²) in [4.78, 5) is 0. The number of fused-ring (bicyclic) bond motifs is 2. The van der Waals surface area contributed by atoms with E-state index in [0.29, 0.717) is 0 Å². The van der Waals surface area contributed by atoms with Crippen LogP contribution in [0.25, 0.3) is 11.0 Å². The number of hydrogen-bond donors (Lipinski definition) is 0. The van der Waals surface area contributed by atoms with Crippen molar-refractivity contribution < 1.29 is 0 Å². The minimum absolute atomic E-state index is 0.772. The molecule has 1 heteroatoms. The average molecular weight is 203 g/mol. The Labute approximate surface area is 94.6 Å². The average Bonchev–Trinajstić information content (AvgIpc) is 2.36. The summed E-state index contributed by atoms with van der Waals surface area (Å²) in [7, 11) is 0. The topological polar surface area (TPSA) is 22.3 Å². The van der Waals surface area contributed by atoms with E-state index in [1.165, 1.54) is 0 Å². The zero-order valence-corrected chi connectivity index (χ0v) is 8.64. The van der Waals surface area contributed by atoms with Crippen LogP contribution in [0.3, 0.4) is 0 Å². The van der Waals surface area contributed by atoms with Crippen LogP contribution in [-0.4, -0.2) is 5.87 Å². The lowest BCUT2D eigenvalue weighted by Crippen LogP contribution is -2.04. The second-order valence-electron chi connectivity index (χ2n) is 3.81. The van der Waals surface area contributed by atoms with Gasteiger partial charge in [0, 0.05) is 0 Å². The third-order valence-corrected chi connectivity index (χ3v) is 2.88. The first-order chi connectivity index (χ1) is 7.90. The molecular weight excluding hydrogens is 194 g/mol. The molecule has 0 saturated carbocycles. The van der Waals surface area contributed by atoms with Gasteiger partial charge in [0.2, 0.25) is 0 Å². The highest BCUT2D eigenvalue weighted by molar-refractivity contribution is 6.03. The van der Waals surface area contributed by atoms with Gasteiger partial charge < -0.3 is 5.41 Å².